The van der Waals surface area contributed by atoms with Crippen LogP contribution in [0.25, 0.3) is 0 Å². The van der Waals surface area contributed by atoms with Crippen molar-refractivity contribution in [2.45, 2.75) is 33.1 Å². The maximum absolute atomic E-state index is 13.0. The number of carbonyl (C=O) groups excluding carboxylic acids is 1. The van der Waals surface area contributed by atoms with Crippen molar-refractivity contribution in [3.63, 3.8) is 0 Å². The van der Waals surface area contributed by atoms with E-state index in [1.54, 1.807) is 24.0 Å². The highest BCUT2D eigenvalue weighted by Gasteiger charge is 2.31. The summed E-state index contributed by atoms with van der Waals surface area (Å²) in [6, 6.07) is 10.7. The number of hydrogen-bond donors (Lipinski definition) is 2. The Hall–Kier alpha value is -3.07. The Bertz CT molecular complexity index is 991. The summed E-state index contributed by atoms with van der Waals surface area (Å²) in [4.78, 5) is 19.3. The number of anilines is 1. The molecular weight excluding hydrogens is 435 g/mol. The van der Waals surface area contributed by atoms with Gasteiger partial charge in [-0.3, -0.25) is 9.79 Å². The summed E-state index contributed by atoms with van der Waals surface area (Å²) in [5.41, 5.74) is 3.21. The molecule has 1 heterocycles. The van der Waals surface area contributed by atoms with Gasteiger partial charge < -0.3 is 20.1 Å². The smallest absolute Gasteiger partial charge is 0.406 e. The van der Waals surface area contributed by atoms with E-state index in [-0.39, 0.29) is 24.2 Å². The van der Waals surface area contributed by atoms with Gasteiger partial charge in [0.2, 0.25) is 0 Å². The molecule has 1 aliphatic heterocycles. The van der Waals surface area contributed by atoms with Crippen LogP contribution in [-0.2, 0) is 0 Å². The van der Waals surface area contributed by atoms with Crippen molar-refractivity contribution in [2.75, 3.05) is 31.6 Å². The molecule has 2 aromatic rings. The van der Waals surface area contributed by atoms with Gasteiger partial charge in [0, 0.05) is 48.8 Å². The standard InChI is InChI=1S/C24H28F3N3O3/c1-3-28-22-13-18(23(32)30-12-4-5-17(14-30)15-31)6-11-21(22)16(2)29-19-7-9-20(10-8-19)33-24(25,26)27/h6-11,13,17,28,31H,3-5,12,14-15H2,1-2H3. The minimum Gasteiger partial charge on any atom is -0.406 e. The highest BCUT2D eigenvalue weighted by molar-refractivity contribution is 6.06. The number of nitrogens with zero attached hydrogens (tertiary/aromatic N) is 2. The van der Waals surface area contributed by atoms with Crippen LogP contribution in [0, 0.1) is 5.92 Å². The molecule has 33 heavy (non-hydrogen) atoms. The van der Waals surface area contributed by atoms with Gasteiger partial charge in [-0.2, -0.15) is 0 Å². The topological polar surface area (TPSA) is 74.2 Å². The highest BCUT2D eigenvalue weighted by atomic mass is 19.4. The molecule has 1 atom stereocenters. The Morgan fingerprint density at radius 2 is 1.97 bits per heavy atom. The van der Waals surface area contributed by atoms with Crippen LogP contribution in [0.1, 0.15) is 42.6 Å². The van der Waals surface area contributed by atoms with Gasteiger partial charge >= 0.3 is 6.36 Å². The maximum atomic E-state index is 13.0. The number of nitrogens with one attached hydrogen (secondary N) is 1. The molecule has 0 aromatic heterocycles. The fourth-order valence-corrected chi connectivity index (χ4v) is 3.89. The van der Waals surface area contributed by atoms with Gasteiger partial charge in [0.15, 0.2) is 0 Å². The molecule has 1 aliphatic rings. The molecule has 0 radical (unpaired) electrons. The first-order valence-corrected chi connectivity index (χ1v) is 10.9. The normalized spacial score (nSPS) is 17.1. The van der Waals surface area contributed by atoms with Crippen molar-refractivity contribution in [1.29, 1.82) is 0 Å². The van der Waals surface area contributed by atoms with Gasteiger partial charge in [0.05, 0.1) is 5.69 Å². The number of ether oxygens (including phenoxy) is 1. The quantitative estimate of drug-likeness (QED) is 0.567. The fourth-order valence-electron chi connectivity index (χ4n) is 3.89. The Morgan fingerprint density at radius 3 is 2.61 bits per heavy atom. The van der Waals surface area contributed by atoms with Crippen LogP contribution in [0.2, 0.25) is 0 Å². The van der Waals surface area contributed by atoms with Crippen LogP contribution >= 0.6 is 0 Å². The summed E-state index contributed by atoms with van der Waals surface area (Å²) >= 11 is 0. The zero-order valence-electron chi connectivity index (χ0n) is 18.7. The number of carbonyl (C=O) groups is 1. The molecule has 1 unspecified atom stereocenters. The highest BCUT2D eigenvalue weighted by Crippen LogP contribution is 2.27. The van der Waals surface area contributed by atoms with E-state index in [0.29, 0.717) is 36.6 Å². The van der Waals surface area contributed by atoms with Crippen LogP contribution < -0.4 is 10.1 Å². The summed E-state index contributed by atoms with van der Waals surface area (Å²) in [5.74, 6) is -0.275. The number of aliphatic imine (C=N–C) groups is 1. The molecule has 0 aliphatic carbocycles. The zero-order chi connectivity index (χ0) is 24.0. The van der Waals surface area contributed by atoms with E-state index in [4.69, 9.17) is 0 Å². The van der Waals surface area contributed by atoms with Crippen LogP contribution in [0.15, 0.2) is 47.5 Å². The summed E-state index contributed by atoms with van der Waals surface area (Å²) < 4.78 is 40.9. The lowest BCUT2D eigenvalue weighted by Gasteiger charge is -2.32. The number of alkyl halides is 3. The second-order valence-electron chi connectivity index (χ2n) is 7.97. The Morgan fingerprint density at radius 1 is 1.24 bits per heavy atom. The van der Waals surface area contributed by atoms with E-state index in [0.717, 1.165) is 24.1 Å². The molecule has 1 fully saturated rings. The number of piperidine rings is 1. The summed E-state index contributed by atoms with van der Waals surface area (Å²) in [6.45, 7) is 5.67. The largest absolute Gasteiger partial charge is 0.573 e. The van der Waals surface area contributed by atoms with Gasteiger partial charge in [-0.1, -0.05) is 6.07 Å². The van der Waals surface area contributed by atoms with Crippen LogP contribution in [-0.4, -0.2) is 54.2 Å². The van der Waals surface area contributed by atoms with Gasteiger partial charge in [-0.05, 0) is 69.0 Å². The molecule has 1 saturated heterocycles. The van der Waals surface area contributed by atoms with Crippen molar-refractivity contribution in [3.8, 4) is 5.75 Å². The van der Waals surface area contributed by atoms with Crippen molar-refractivity contribution in [1.82, 2.24) is 4.90 Å². The van der Waals surface area contributed by atoms with Crippen LogP contribution in [0.5, 0.6) is 5.75 Å². The maximum Gasteiger partial charge on any atom is 0.573 e. The van der Waals surface area contributed by atoms with Gasteiger partial charge in [-0.25, -0.2) is 0 Å². The van der Waals surface area contributed by atoms with E-state index >= 15 is 0 Å². The van der Waals surface area contributed by atoms with E-state index in [1.807, 2.05) is 13.0 Å². The summed E-state index contributed by atoms with van der Waals surface area (Å²) in [5, 5.41) is 12.7. The Balaban J connectivity index is 1.81. The third-order valence-corrected chi connectivity index (χ3v) is 5.46. The SMILES string of the molecule is CCNc1cc(C(=O)N2CCCC(CO)C2)ccc1C(C)=Nc1ccc(OC(F)(F)F)cc1. The molecule has 0 saturated carbocycles. The summed E-state index contributed by atoms with van der Waals surface area (Å²) in [6.07, 6.45) is -2.96. The molecule has 3 rings (SSSR count). The predicted octanol–water partition coefficient (Wildman–Crippen LogP) is 5.00. The van der Waals surface area contributed by atoms with Crippen molar-refractivity contribution >= 4 is 23.0 Å². The van der Waals surface area contributed by atoms with Crippen LogP contribution in [0.4, 0.5) is 24.5 Å². The molecular formula is C24H28F3N3O3. The lowest BCUT2D eigenvalue weighted by atomic mass is 9.97. The minimum absolute atomic E-state index is 0.0737. The third kappa shape index (κ3) is 6.71. The molecule has 2 aromatic carbocycles. The number of likely N-dealkylation sites (tertiary alicyclic amines) is 1. The van der Waals surface area contributed by atoms with E-state index in [2.05, 4.69) is 15.0 Å². The molecule has 6 nitrogen and oxygen atoms in total. The predicted molar refractivity (Wildman–Crippen MR) is 121 cm³/mol. The molecule has 0 bridgehead atoms. The number of halogens is 3. The average molecular weight is 464 g/mol. The second-order valence-corrected chi connectivity index (χ2v) is 7.97. The Kier molecular flexibility index (Phi) is 7.97. The molecule has 9 heteroatoms. The fraction of sp³-hybridized carbons (Fsp3) is 0.417. The third-order valence-electron chi connectivity index (χ3n) is 5.46. The monoisotopic (exact) mass is 463 g/mol. The number of amides is 1. The molecule has 2 N–H and O–H groups in total. The number of hydrogen-bond acceptors (Lipinski definition) is 5. The first-order valence-electron chi connectivity index (χ1n) is 10.9. The second kappa shape index (κ2) is 10.7. The number of benzene rings is 2. The van der Waals surface area contributed by atoms with Gasteiger partial charge in [-0.15, -0.1) is 13.2 Å². The minimum atomic E-state index is -4.74. The van der Waals surface area contributed by atoms with Crippen molar-refractivity contribution in [2.24, 2.45) is 10.9 Å². The van der Waals surface area contributed by atoms with Crippen LogP contribution in [0.3, 0.4) is 0 Å². The molecule has 0 spiro atoms. The average Bonchev–Trinajstić information content (AvgIpc) is 2.79. The first kappa shape index (κ1) is 24.6. The number of rotatable bonds is 7. The van der Waals surface area contributed by atoms with E-state index in [9.17, 15) is 23.1 Å². The number of aliphatic hydroxyl groups is 1. The van der Waals surface area contributed by atoms with Gasteiger partial charge in [0.25, 0.3) is 5.91 Å². The lowest BCUT2D eigenvalue weighted by molar-refractivity contribution is -0.274. The Labute approximate surface area is 191 Å². The van der Waals surface area contributed by atoms with E-state index < -0.39 is 6.36 Å². The first-order chi connectivity index (χ1) is 15.7. The lowest BCUT2D eigenvalue weighted by Crippen LogP contribution is -2.41. The summed E-state index contributed by atoms with van der Waals surface area (Å²) in [7, 11) is 0. The zero-order valence-corrected chi connectivity index (χ0v) is 18.7. The van der Waals surface area contributed by atoms with E-state index in [1.165, 1.54) is 24.3 Å². The number of aliphatic hydroxyl groups excluding tert-OH is 1. The van der Waals surface area contributed by atoms with Crippen molar-refractivity contribution in [3.05, 3.63) is 53.6 Å². The molecule has 178 valence electrons. The van der Waals surface area contributed by atoms with Gasteiger partial charge in [0.1, 0.15) is 5.75 Å². The molecule has 1 amide bonds. The van der Waals surface area contributed by atoms with Crippen molar-refractivity contribution < 1.29 is 27.8 Å².